The van der Waals surface area contributed by atoms with Crippen molar-refractivity contribution in [3.8, 4) is 0 Å². The Bertz CT molecular complexity index is 715. The van der Waals surface area contributed by atoms with Gasteiger partial charge >= 0.3 is 6.09 Å². The summed E-state index contributed by atoms with van der Waals surface area (Å²) >= 11 is 6.07. The van der Waals surface area contributed by atoms with E-state index in [-0.39, 0.29) is 18.0 Å². The third kappa shape index (κ3) is 4.83. The Kier molecular flexibility index (Phi) is 5.79. The van der Waals surface area contributed by atoms with Gasteiger partial charge in [0.2, 0.25) is 0 Å². The molecule has 1 N–H and O–H groups in total. The van der Waals surface area contributed by atoms with Crippen LogP contribution >= 0.6 is 11.6 Å². The summed E-state index contributed by atoms with van der Waals surface area (Å²) in [6, 6.07) is 4.86. The Morgan fingerprint density at radius 2 is 2.19 bits per heavy atom. The Hall–Kier alpha value is -2.02. The largest absolute Gasteiger partial charge is 0.444 e. The molecule has 0 aromatic heterocycles. The highest BCUT2D eigenvalue weighted by Crippen LogP contribution is 2.20. The molecule has 1 aromatic rings. The molecule has 1 unspecified atom stereocenters. The van der Waals surface area contributed by atoms with E-state index < -0.39 is 5.60 Å². The predicted molar refractivity (Wildman–Crippen MR) is 104 cm³/mol. The molecule has 0 aliphatic carbocycles. The summed E-state index contributed by atoms with van der Waals surface area (Å²) in [6.07, 6.45) is 0.199. The molecule has 1 saturated heterocycles. The summed E-state index contributed by atoms with van der Waals surface area (Å²) in [5.74, 6) is 0.512. The number of hydrogen-bond donors (Lipinski definition) is 1. The molecular weight excluding hydrogens is 371 g/mol. The molecule has 0 spiro atoms. The number of guanidine groups is 1. The highest BCUT2D eigenvalue weighted by Gasteiger charge is 2.36. The zero-order chi connectivity index (χ0) is 19.6. The summed E-state index contributed by atoms with van der Waals surface area (Å²) in [5, 5.41) is 3.72. The van der Waals surface area contributed by atoms with Crippen LogP contribution in [0.4, 0.5) is 9.18 Å². The summed E-state index contributed by atoms with van der Waals surface area (Å²) in [5.41, 5.74) is 0.0118. The molecule has 8 heteroatoms. The highest BCUT2D eigenvalue weighted by atomic mass is 35.5. The lowest BCUT2D eigenvalue weighted by molar-refractivity contribution is 0.0137. The van der Waals surface area contributed by atoms with Gasteiger partial charge in [0.1, 0.15) is 11.4 Å². The minimum Gasteiger partial charge on any atom is -0.444 e. The monoisotopic (exact) mass is 396 g/mol. The lowest BCUT2D eigenvalue weighted by Crippen LogP contribution is -2.57. The number of rotatable bonds is 3. The number of amides is 1. The zero-order valence-corrected chi connectivity index (χ0v) is 16.7. The number of nitrogens with zero attached hydrogens (tertiary/aromatic N) is 3. The van der Waals surface area contributed by atoms with Crippen molar-refractivity contribution >= 4 is 23.7 Å². The van der Waals surface area contributed by atoms with Crippen molar-refractivity contribution in [3.05, 3.63) is 34.6 Å². The number of benzene rings is 1. The van der Waals surface area contributed by atoms with Crippen molar-refractivity contribution in [2.24, 2.45) is 4.99 Å². The molecule has 1 fully saturated rings. The van der Waals surface area contributed by atoms with Gasteiger partial charge in [-0.25, -0.2) is 9.18 Å². The maximum Gasteiger partial charge on any atom is 0.410 e. The predicted octanol–water partition coefficient (Wildman–Crippen LogP) is 2.90. The van der Waals surface area contributed by atoms with E-state index in [9.17, 15) is 9.18 Å². The second kappa shape index (κ2) is 7.92. The van der Waals surface area contributed by atoms with Crippen LogP contribution in [0.3, 0.4) is 0 Å². The van der Waals surface area contributed by atoms with Gasteiger partial charge in [0.25, 0.3) is 0 Å². The fraction of sp³-hybridized carbons (Fsp3) is 0.579. The van der Waals surface area contributed by atoms with E-state index in [1.807, 2.05) is 20.8 Å². The first-order valence-electron chi connectivity index (χ1n) is 9.20. The lowest BCUT2D eigenvalue weighted by Gasteiger charge is -2.39. The molecule has 2 aliphatic heterocycles. The topological polar surface area (TPSA) is 57.2 Å². The summed E-state index contributed by atoms with van der Waals surface area (Å²) in [4.78, 5) is 20.7. The van der Waals surface area contributed by atoms with Crippen LogP contribution in [0.5, 0.6) is 0 Å². The molecular formula is C19H26ClFN4O2. The van der Waals surface area contributed by atoms with Crippen molar-refractivity contribution in [2.45, 2.75) is 38.8 Å². The van der Waals surface area contributed by atoms with Gasteiger partial charge in [-0.2, -0.15) is 0 Å². The van der Waals surface area contributed by atoms with E-state index in [1.54, 1.807) is 17.0 Å². The normalized spacial score (nSPS) is 19.6. The zero-order valence-electron chi connectivity index (χ0n) is 16.0. The van der Waals surface area contributed by atoms with Crippen molar-refractivity contribution < 1.29 is 13.9 Å². The molecule has 1 amide bonds. The van der Waals surface area contributed by atoms with Crippen LogP contribution in [-0.4, -0.2) is 66.2 Å². The first-order valence-corrected chi connectivity index (χ1v) is 9.58. The molecule has 148 valence electrons. The van der Waals surface area contributed by atoms with Crippen LogP contribution in [-0.2, 0) is 11.2 Å². The van der Waals surface area contributed by atoms with Crippen LogP contribution in [0.2, 0.25) is 5.02 Å². The number of hydrogen-bond acceptors (Lipinski definition) is 5. The second-order valence-electron chi connectivity index (χ2n) is 7.81. The summed E-state index contributed by atoms with van der Waals surface area (Å²) in [6.45, 7) is 8.63. The summed E-state index contributed by atoms with van der Waals surface area (Å²) < 4.78 is 19.3. The number of ether oxygens (including phenoxy) is 1. The van der Waals surface area contributed by atoms with E-state index in [4.69, 9.17) is 16.3 Å². The Morgan fingerprint density at radius 1 is 1.41 bits per heavy atom. The van der Waals surface area contributed by atoms with Gasteiger partial charge in [-0.15, -0.1) is 0 Å². The minimum absolute atomic E-state index is 0.144. The van der Waals surface area contributed by atoms with Gasteiger partial charge in [-0.05, 0) is 39.3 Å². The lowest BCUT2D eigenvalue weighted by atomic mass is 10.1. The molecule has 2 aliphatic rings. The van der Waals surface area contributed by atoms with Gasteiger partial charge in [-0.1, -0.05) is 17.7 Å². The van der Waals surface area contributed by atoms with E-state index in [2.05, 4.69) is 15.2 Å². The molecule has 0 saturated carbocycles. The molecule has 2 heterocycles. The van der Waals surface area contributed by atoms with Crippen LogP contribution in [0.25, 0.3) is 0 Å². The summed E-state index contributed by atoms with van der Waals surface area (Å²) in [7, 11) is 0. The fourth-order valence-corrected chi connectivity index (χ4v) is 3.55. The van der Waals surface area contributed by atoms with Crippen molar-refractivity contribution in [1.29, 1.82) is 0 Å². The van der Waals surface area contributed by atoms with Gasteiger partial charge in [-0.3, -0.25) is 4.99 Å². The van der Waals surface area contributed by atoms with Crippen LogP contribution in [0, 0.1) is 5.82 Å². The van der Waals surface area contributed by atoms with E-state index >= 15 is 0 Å². The number of carbonyl (C=O) groups excluding carboxylic acids is 1. The van der Waals surface area contributed by atoms with Gasteiger partial charge in [0, 0.05) is 36.8 Å². The van der Waals surface area contributed by atoms with E-state index in [1.165, 1.54) is 6.07 Å². The second-order valence-corrected chi connectivity index (χ2v) is 8.22. The third-order valence-electron chi connectivity index (χ3n) is 4.58. The smallest absolute Gasteiger partial charge is 0.410 e. The number of carbonyl (C=O) groups is 1. The number of aliphatic imine (C=N–C) groups is 1. The Labute approximate surface area is 164 Å². The third-order valence-corrected chi connectivity index (χ3v) is 4.93. The van der Waals surface area contributed by atoms with Gasteiger partial charge < -0.3 is 19.9 Å². The number of fused-ring (bicyclic) bond motifs is 1. The van der Waals surface area contributed by atoms with Crippen LogP contribution in [0.15, 0.2) is 23.2 Å². The van der Waals surface area contributed by atoms with Crippen LogP contribution in [0.1, 0.15) is 26.3 Å². The molecule has 0 bridgehead atoms. The maximum atomic E-state index is 13.9. The SMILES string of the molecule is CC(C)(C)OC(=O)N1CCN2C(NCCc3c(F)cccc3Cl)=NCC2C1. The Balaban J connectivity index is 1.50. The molecule has 1 aromatic carbocycles. The number of nitrogens with one attached hydrogen (secondary N) is 1. The standard InChI is InChI=1S/C19H26ClFN4O2/c1-19(2,3)27-18(26)24-9-10-25-13(12-24)11-23-17(25)22-8-7-14-15(20)5-4-6-16(14)21/h4-6,13H,7-12H2,1-3H3,(H,22,23). The average Bonchev–Trinajstić information content (AvgIpc) is 2.98. The Morgan fingerprint density at radius 3 is 2.89 bits per heavy atom. The first kappa shape index (κ1) is 19.7. The molecule has 3 rings (SSSR count). The van der Waals surface area contributed by atoms with Gasteiger partial charge in [0.15, 0.2) is 5.96 Å². The van der Waals surface area contributed by atoms with E-state index in [0.29, 0.717) is 49.7 Å². The van der Waals surface area contributed by atoms with Crippen molar-refractivity contribution in [2.75, 3.05) is 32.7 Å². The van der Waals surface area contributed by atoms with E-state index in [0.717, 1.165) is 5.96 Å². The quantitative estimate of drug-likeness (QED) is 0.853. The molecule has 0 radical (unpaired) electrons. The molecule has 1 atom stereocenters. The fourth-order valence-electron chi connectivity index (χ4n) is 3.29. The van der Waals surface area contributed by atoms with Crippen molar-refractivity contribution in [3.63, 3.8) is 0 Å². The molecule has 27 heavy (non-hydrogen) atoms. The molecule has 6 nitrogen and oxygen atoms in total. The maximum absolute atomic E-state index is 13.9. The number of halogens is 2. The van der Waals surface area contributed by atoms with Gasteiger partial charge in [0.05, 0.1) is 12.6 Å². The average molecular weight is 397 g/mol. The first-order chi connectivity index (χ1) is 12.7. The number of piperazine rings is 1. The van der Waals surface area contributed by atoms with Crippen LogP contribution < -0.4 is 5.32 Å². The minimum atomic E-state index is -0.499. The highest BCUT2D eigenvalue weighted by molar-refractivity contribution is 6.31. The van der Waals surface area contributed by atoms with Crippen molar-refractivity contribution in [1.82, 2.24) is 15.1 Å².